The number of nitrogens with zero attached hydrogens (tertiary/aromatic N) is 2. The molecule has 2 aromatic carbocycles. The normalized spacial score (nSPS) is 12.3. The molecule has 0 spiro atoms. The van der Waals surface area contributed by atoms with Crippen molar-refractivity contribution in [2.75, 3.05) is 17.1 Å². The standard InChI is InChI=1S/C20H25N3O5S/c1-5-17(16-11-9-14(2)10-12-16)21-20(24)13-22(29(4,27)28)18-7-6-8-19(15(18)3)23(25)26/h6-12,17H,5,13H2,1-4H3,(H,21,24)/t17-/m0/s1. The van der Waals surface area contributed by atoms with Crippen molar-refractivity contribution in [2.45, 2.75) is 33.2 Å². The first-order valence-corrected chi connectivity index (χ1v) is 11.0. The molecule has 9 heteroatoms. The number of carbonyl (C=O) groups is 1. The van der Waals surface area contributed by atoms with Crippen molar-refractivity contribution in [3.8, 4) is 0 Å². The fourth-order valence-corrected chi connectivity index (χ4v) is 3.96. The maximum absolute atomic E-state index is 12.7. The first kappa shape index (κ1) is 22.4. The zero-order chi connectivity index (χ0) is 21.8. The van der Waals surface area contributed by atoms with Gasteiger partial charge in [-0.2, -0.15) is 0 Å². The zero-order valence-electron chi connectivity index (χ0n) is 16.9. The van der Waals surface area contributed by atoms with Gasteiger partial charge in [0.2, 0.25) is 15.9 Å². The van der Waals surface area contributed by atoms with Crippen molar-refractivity contribution in [2.24, 2.45) is 0 Å². The van der Waals surface area contributed by atoms with Gasteiger partial charge in [0, 0.05) is 6.07 Å². The molecule has 0 heterocycles. The molecule has 0 bridgehead atoms. The first-order chi connectivity index (χ1) is 13.5. The molecule has 0 aliphatic rings. The number of nitro groups is 1. The summed E-state index contributed by atoms with van der Waals surface area (Å²) in [7, 11) is -3.84. The summed E-state index contributed by atoms with van der Waals surface area (Å²) in [6.45, 7) is 4.88. The predicted octanol–water partition coefficient (Wildman–Crippen LogP) is 3.25. The molecule has 29 heavy (non-hydrogen) atoms. The van der Waals surface area contributed by atoms with Gasteiger partial charge < -0.3 is 5.32 Å². The van der Waals surface area contributed by atoms with Crippen LogP contribution in [0.15, 0.2) is 42.5 Å². The second-order valence-corrected chi connectivity index (χ2v) is 8.79. The Bertz CT molecular complexity index is 1000. The summed E-state index contributed by atoms with van der Waals surface area (Å²) in [5, 5.41) is 14.0. The maximum Gasteiger partial charge on any atom is 0.274 e. The number of hydrogen-bond acceptors (Lipinski definition) is 5. The lowest BCUT2D eigenvalue weighted by Gasteiger charge is -2.25. The number of anilines is 1. The quantitative estimate of drug-likeness (QED) is 0.522. The summed E-state index contributed by atoms with van der Waals surface area (Å²) in [6, 6.07) is 11.6. The third-order valence-corrected chi connectivity index (χ3v) is 5.78. The molecule has 1 atom stereocenters. The Morgan fingerprint density at radius 3 is 2.31 bits per heavy atom. The third-order valence-electron chi connectivity index (χ3n) is 4.65. The van der Waals surface area contributed by atoms with Crippen molar-refractivity contribution in [1.82, 2.24) is 5.32 Å². The summed E-state index contributed by atoms with van der Waals surface area (Å²) in [4.78, 5) is 23.3. The van der Waals surface area contributed by atoms with E-state index < -0.39 is 27.4 Å². The molecule has 2 rings (SSSR count). The Balaban J connectivity index is 2.29. The third kappa shape index (κ3) is 5.54. The Morgan fingerprint density at radius 1 is 1.17 bits per heavy atom. The molecular weight excluding hydrogens is 394 g/mol. The van der Waals surface area contributed by atoms with E-state index in [0.29, 0.717) is 6.42 Å². The molecule has 2 aromatic rings. The van der Waals surface area contributed by atoms with Crippen LogP contribution in [0, 0.1) is 24.0 Å². The maximum atomic E-state index is 12.7. The van der Waals surface area contributed by atoms with Crippen molar-refractivity contribution in [3.63, 3.8) is 0 Å². The molecule has 0 radical (unpaired) electrons. The van der Waals surface area contributed by atoms with Crippen molar-refractivity contribution in [1.29, 1.82) is 0 Å². The molecule has 8 nitrogen and oxygen atoms in total. The number of carbonyl (C=O) groups excluding carboxylic acids is 1. The Hall–Kier alpha value is -2.94. The Kier molecular flexibility index (Phi) is 6.97. The van der Waals surface area contributed by atoms with Crippen LogP contribution >= 0.6 is 0 Å². The van der Waals surface area contributed by atoms with Gasteiger partial charge in [0.15, 0.2) is 0 Å². The van der Waals surface area contributed by atoms with Crippen LogP contribution in [0.4, 0.5) is 11.4 Å². The highest BCUT2D eigenvalue weighted by molar-refractivity contribution is 7.92. The summed E-state index contributed by atoms with van der Waals surface area (Å²) >= 11 is 0. The number of amides is 1. The van der Waals surface area contributed by atoms with Gasteiger partial charge in [0.05, 0.1) is 28.5 Å². The molecule has 0 aliphatic carbocycles. The Labute approximate surface area is 170 Å². The number of nitro benzene ring substituents is 1. The van der Waals surface area contributed by atoms with E-state index in [-0.39, 0.29) is 23.0 Å². The lowest BCUT2D eigenvalue weighted by Crippen LogP contribution is -2.41. The molecule has 0 saturated heterocycles. The topological polar surface area (TPSA) is 110 Å². The van der Waals surface area contributed by atoms with Gasteiger partial charge >= 0.3 is 0 Å². The summed E-state index contributed by atoms with van der Waals surface area (Å²) < 4.78 is 25.6. The number of hydrogen-bond donors (Lipinski definition) is 1. The van der Waals surface area contributed by atoms with E-state index in [4.69, 9.17) is 0 Å². The van der Waals surface area contributed by atoms with Crippen LogP contribution in [0.3, 0.4) is 0 Å². The van der Waals surface area contributed by atoms with Crippen LogP contribution in [-0.2, 0) is 14.8 Å². The summed E-state index contributed by atoms with van der Waals surface area (Å²) in [5.41, 5.74) is 2.10. The fourth-order valence-electron chi connectivity index (χ4n) is 3.05. The van der Waals surface area contributed by atoms with E-state index in [0.717, 1.165) is 21.7 Å². The molecule has 0 aromatic heterocycles. The van der Waals surface area contributed by atoms with Crippen LogP contribution < -0.4 is 9.62 Å². The molecule has 0 aliphatic heterocycles. The smallest absolute Gasteiger partial charge is 0.274 e. The lowest BCUT2D eigenvalue weighted by atomic mass is 10.0. The number of nitrogens with one attached hydrogen (secondary N) is 1. The molecule has 1 amide bonds. The largest absolute Gasteiger partial charge is 0.348 e. The van der Waals surface area contributed by atoms with Gasteiger partial charge in [-0.15, -0.1) is 0 Å². The lowest BCUT2D eigenvalue weighted by molar-refractivity contribution is -0.385. The van der Waals surface area contributed by atoms with E-state index in [1.54, 1.807) is 0 Å². The van der Waals surface area contributed by atoms with Crippen LogP contribution in [0.2, 0.25) is 0 Å². The van der Waals surface area contributed by atoms with Gasteiger partial charge in [0.25, 0.3) is 5.69 Å². The minimum Gasteiger partial charge on any atom is -0.348 e. The van der Waals surface area contributed by atoms with E-state index >= 15 is 0 Å². The van der Waals surface area contributed by atoms with E-state index in [9.17, 15) is 23.3 Å². The minimum absolute atomic E-state index is 0.111. The molecule has 0 saturated carbocycles. The van der Waals surface area contributed by atoms with Crippen molar-refractivity contribution < 1.29 is 18.1 Å². The SMILES string of the molecule is CC[C@H](NC(=O)CN(c1cccc([N+](=O)[O-])c1C)S(C)(=O)=O)c1ccc(C)cc1. The van der Waals surface area contributed by atoms with Gasteiger partial charge in [-0.05, 0) is 31.9 Å². The first-order valence-electron chi connectivity index (χ1n) is 9.12. The van der Waals surface area contributed by atoms with Crippen LogP contribution in [-0.4, -0.2) is 32.0 Å². The highest BCUT2D eigenvalue weighted by Crippen LogP contribution is 2.29. The number of aryl methyl sites for hydroxylation is 1. The summed E-state index contributed by atoms with van der Waals surface area (Å²) in [5.74, 6) is -0.492. The van der Waals surface area contributed by atoms with E-state index in [1.165, 1.54) is 25.1 Å². The van der Waals surface area contributed by atoms with Gasteiger partial charge in [0.1, 0.15) is 6.54 Å². The van der Waals surface area contributed by atoms with E-state index in [2.05, 4.69) is 5.32 Å². The Morgan fingerprint density at radius 2 is 1.79 bits per heavy atom. The minimum atomic E-state index is -3.84. The molecule has 0 unspecified atom stereocenters. The molecule has 1 N–H and O–H groups in total. The van der Waals surface area contributed by atoms with Gasteiger partial charge in [-0.1, -0.05) is 42.8 Å². The van der Waals surface area contributed by atoms with Gasteiger partial charge in [-0.25, -0.2) is 8.42 Å². The van der Waals surface area contributed by atoms with E-state index in [1.807, 2.05) is 38.1 Å². The number of benzene rings is 2. The molecule has 156 valence electrons. The molecular formula is C20H25N3O5S. The van der Waals surface area contributed by atoms with Crippen molar-refractivity contribution in [3.05, 3.63) is 69.3 Å². The zero-order valence-corrected chi connectivity index (χ0v) is 17.7. The van der Waals surface area contributed by atoms with Crippen LogP contribution in [0.25, 0.3) is 0 Å². The van der Waals surface area contributed by atoms with Crippen LogP contribution in [0.1, 0.15) is 36.1 Å². The van der Waals surface area contributed by atoms with Crippen molar-refractivity contribution >= 4 is 27.3 Å². The van der Waals surface area contributed by atoms with Gasteiger partial charge in [-0.3, -0.25) is 19.2 Å². The monoisotopic (exact) mass is 419 g/mol. The van der Waals surface area contributed by atoms with Crippen LogP contribution in [0.5, 0.6) is 0 Å². The second kappa shape index (κ2) is 9.04. The average molecular weight is 420 g/mol. The highest BCUT2D eigenvalue weighted by Gasteiger charge is 2.26. The summed E-state index contributed by atoms with van der Waals surface area (Å²) in [6.07, 6.45) is 1.60. The predicted molar refractivity (Wildman–Crippen MR) is 112 cm³/mol. The fraction of sp³-hybridized carbons (Fsp3) is 0.350. The second-order valence-electron chi connectivity index (χ2n) is 6.89. The number of rotatable bonds is 8. The molecule has 0 fully saturated rings. The highest BCUT2D eigenvalue weighted by atomic mass is 32.2. The number of sulfonamides is 1. The average Bonchev–Trinajstić information content (AvgIpc) is 2.64.